The first-order valence-corrected chi connectivity index (χ1v) is 5.24. The number of likely N-dealkylation sites (tertiary alicyclic amines) is 1. The zero-order chi connectivity index (χ0) is 10.7. The van der Waals surface area contributed by atoms with Gasteiger partial charge in [0.05, 0.1) is 12.4 Å². The molecule has 1 fully saturated rings. The molecule has 0 radical (unpaired) electrons. The molecule has 0 bridgehead atoms. The Kier molecular flexibility index (Phi) is 3.06. The summed E-state index contributed by atoms with van der Waals surface area (Å²) in [4.78, 5) is 13.4. The van der Waals surface area contributed by atoms with Gasteiger partial charge in [0.2, 0.25) is 5.91 Å². The largest absolute Gasteiger partial charge is 0.469 e. The summed E-state index contributed by atoms with van der Waals surface area (Å²) in [5, 5.41) is 9.29. The van der Waals surface area contributed by atoms with Gasteiger partial charge < -0.3 is 14.4 Å². The van der Waals surface area contributed by atoms with Crippen LogP contribution >= 0.6 is 0 Å². The van der Waals surface area contributed by atoms with Crippen LogP contribution in [0.5, 0.6) is 0 Å². The van der Waals surface area contributed by atoms with Gasteiger partial charge in [-0.05, 0) is 18.6 Å². The van der Waals surface area contributed by atoms with E-state index in [2.05, 4.69) is 0 Å². The van der Waals surface area contributed by atoms with Crippen LogP contribution in [0.1, 0.15) is 18.6 Å². The van der Waals surface area contributed by atoms with Crippen molar-refractivity contribution in [3.8, 4) is 0 Å². The molecule has 1 saturated heterocycles. The number of hydrogen-bond donors (Lipinski definition) is 1. The summed E-state index contributed by atoms with van der Waals surface area (Å²) in [6.07, 6.45) is 3.07. The van der Waals surface area contributed by atoms with Crippen LogP contribution in [0.3, 0.4) is 0 Å². The van der Waals surface area contributed by atoms with Crippen LogP contribution in [0, 0.1) is 0 Å². The molecule has 4 nitrogen and oxygen atoms in total. The normalized spacial score (nSPS) is 20.9. The molecule has 4 heteroatoms. The fourth-order valence-electron chi connectivity index (χ4n) is 1.81. The molecule has 1 aromatic heterocycles. The zero-order valence-electron chi connectivity index (χ0n) is 8.56. The smallest absolute Gasteiger partial charge is 0.223 e. The molecule has 0 spiro atoms. The number of rotatable bonds is 3. The minimum absolute atomic E-state index is 0.1000. The highest BCUT2D eigenvalue weighted by atomic mass is 16.3. The van der Waals surface area contributed by atoms with Gasteiger partial charge in [-0.1, -0.05) is 0 Å². The maximum Gasteiger partial charge on any atom is 0.223 e. The summed E-state index contributed by atoms with van der Waals surface area (Å²) in [7, 11) is 0. The third-order valence-corrected chi connectivity index (χ3v) is 2.68. The van der Waals surface area contributed by atoms with Gasteiger partial charge in [0, 0.05) is 25.9 Å². The molecule has 1 aliphatic heterocycles. The van der Waals surface area contributed by atoms with Crippen LogP contribution in [0.25, 0.3) is 0 Å². The molecule has 1 atom stereocenters. The van der Waals surface area contributed by atoms with E-state index in [-0.39, 0.29) is 12.0 Å². The average Bonchev–Trinajstić information content (AvgIpc) is 2.84. The summed E-state index contributed by atoms with van der Waals surface area (Å²) >= 11 is 0. The van der Waals surface area contributed by atoms with Gasteiger partial charge in [-0.2, -0.15) is 0 Å². The van der Waals surface area contributed by atoms with E-state index in [1.807, 2.05) is 12.1 Å². The molecule has 0 aromatic carbocycles. The number of aryl methyl sites for hydroxylation is 1. The van der Waals surface area contributed by atoms with Crippen LogP contribution in [0.15, 0.2) is 22.8 Å². The summed E-state index contributed by atoms with van der Waals surface area (Å²) in [6.45, 7) is 1.16. The predicted octanol–water partition coefficient (Wildman–Crippen LogP) is 0.805. The molecular weight excluding hydrogens is 194 g/mol. The van der Waals surface area contributed by atoms with Crippen molar-refractivity contribution in [2.45, 2.75) is 25.4 Å². The first-order chi connectivity index (χ1) is 7.25. The number of hydrogen-bond acceptors (Lipinski definition) is 3. The molecule has 15 heavy (non-hydrogen) atoms. The Balaban J connectivity index is 1.78. The zero-order valence-corrected chi connectivity index (χ0v) is 8.56. The van der Waals surface area contributed by atoms with Crippen molar-refractivity contribution in [3.05, 3.63) is 24.2 Å². The Morgan fingerprint density at radius 3 is 3.13 bits per heavy atom. The Morgan fingerprint density at radius 2 is 2.53 bits per heavy atom. The van der Waals surface area contributed by atoms with Gasteiger partial charge in [-0.25, -0.2) is 0 Å². The van der Waals surface area contributed by atoms with Crippen LogP contribution in [-0.4, -0.2) is 35.1 Å². The molecule has 2 rings (SSSR count). The minimum Gasteiger partial charge on any atom is -0.469 e. The average molecular weight is 209 g/mol. The minimum atomic E-state index is -0.336. The first kappa shape index (κ1) is 10.2. The first-order valence-electron chi connectivity index (χ1n) is 5.24. The number of β-amino-alcohol motifs (C(OH)–C–C–N with tert-alkyl or cyclic N) is 1. The summed E-state index contributed by atoms with van der Waals surface area (Å²) in [5.74, 6) is 0.936. The van der Waals surface area contributed by atoms with Gasteiger partial charge in [0.25, 0.3) is 0 Å². The highest BCUT2D eigenvalue weighted by Gasteiger charge is 2.23. The van der Waals surface area contributed by atoms with E-state index in [9.17, 15) is 9.90 Å². The fraction of sp³-hybridized carbons (Fsp3) is 0.545. The van der Waals surface area contributed by atoms with Crippen molar-refractivity contribution < 1.29 is 14.3 Å². The Morgan fingerprint density at radius 1 is 1.67 bits per heavy atom. The van der Waals surface area contributed by atoms with E-state index >= 15 is 0 Å². The molecule has 2 heterocycles. The van der Waals surface area contributed by atoms with E-state index < -0.39 is 0 Å². The summed E-state index contributed by atoms with van der Waals surface area (Å²) in [5.41, 5.74) is 0. The number of carbonyl (C=O) groups is 1. The van der Waals surface area contributed by atoms with Gasteiger partial charge in [-0.3, -0.25) is 4.79 Å². The van der Waals surface area contributed by atoms with Gasteiger partial charge in [-0.15, -0.1) is 0 Å². The van der Waals surface area contributed by atoms with Crippen LogP contribution in [0.2, 0.25) is 0 Å². The summed E-state index contributed by atoms with van der Waals surface area (Å²) < 4.78 is 5.15. The topological polar surface area (TPSA) is 53.7 Å². The number of carbonyl (C=O) groups excluding carboxylic acids is 1. The third kappa shape index (κ3) is 2.59. The van der Waals surface area contributed by atoms with Crippen molar-refractivity contribution in [1.29, 1.82) is 0 Å². The molecule has 0 saturated carbocycles. The van der Waals surface area contributed by atoms with E-state index in [0.29, 0.717) is 32.4 Å². The highest BCUT2D eigenvalue weighted by Crippen LogP contribution is 2.12. The number of nitrogens with zero attached hydrogens (tertiary/aromatic N) is 1. The van der Waals surface area contributed by atoms with E-state index in [4.69, 9.17) is 4.42 Å². The second-order valence-corrected chi connectivity index (χ2v) is 3.86. The van der Waals surface area contributed by atoms with Crippen LogP contribution < -0.4 is 0 Å². The van der Waals surface area contributed by atoms with Crippen molar-refractivity contribution in [1.82, 2.24) is 4.90 Å². The van der Waals surface area contributed by atoms with E-state index in [1.54, 1.807) is 11.2 Å². The molecule has 1 N–H and O–H groups in total. The molecule has 0 unspecified atom stereocenters. The van der Waals surface area contributed by atoms with Gasteiger partial charge >= 0.3 is 0 Å². The Labute approximate surface area is 88.5 Å². The quantitative estimate of drug-likeness (QED) is 0.801. The van der Waals surface area contributed by atoms with Crippen LogP contribution in [-0.2, 0) is 11.2 Å². The molecular formula is C11H15NO3. The lowest BCUT2D eigenvalue weighted by atomic mass is 10.2. The van der Waals surface area contributed by atoms with Crippen molar-refractivity contribution in [2.75, 3.05) is 13.1 Å². The molecule has 82 valence electrons. The Hall–Kier alpha value is -1.29. The lowest BCUT2D eigenvalue weighted by Crippen LogP contribution is -2.29. The highest BCUT2D eigenvalue weighted by molar-refractivity contribution is 5.76. The number of amides is 1. The lowest BCUT2D eigenvalue weighted by Gasteiger charge is -2.14. The Bertz CT molecular complexity index is 321. The maximum absolute atomic E-state index is 11.7. The molecule has 0 aliphatic carbocycles. The molecule has 1 amide bonds. The van der Waals surface area contributed by atoms with E-state index in [1.165, 1.54) is 0 Å². The fourth-order valence-corrected chi connectivity index (χ4v) is 1.81. The molecule has 1 aliphatic rings. The maximum atomic E-state index is 11.7. The van der Waals surface area contributed by atoms with E-state index in [0.717, 1.165) is 5.76 Å². The standard InChI is InChI=1S/C11H15NO3/c13-9-5-6-12(8-9)11(14)4-3-10-2-1-7-15-10/h1-2,7,9,13H,3-6,8H2/t9-/m0/s1. The van der Waals surface area contributed by atoms with Crippen LogP contribution in [0.4, 0.5) is 0 Å². The third-order valence-electron chi connectivity index (χ3n) is 2.68. The van der Waals surface area contributed by atoms with Crippen molar-refractivity contribution in [3.63, 3.8) is 0 Å². The number of aliphatic hydroxyl groups is 1. The monoisotopic (exact) mass is 209 g/mol. The number of aliphatic hydroxyl groups excluding tert-OH is 1. The number of furan rings is 1. The van der Waals surface area contributed by atoms with Gasteiger partial charge in [0.15, 0.2) is 0 Å². The van der Waals surface area contributed by atoms with Crippen molar-refractivity contribution in [2.24, 2.45) is 0 Å². The second kappa shape index (κ2) is 4.49. The predicted molar refractivity (Wildman–Crippen MR) is 54.2 cm³/mol. The summed E-state index contributed by atoms with van der Waals surface area (Å²) in [6, 6.07) is 3.69. The SMILES string of the molecule is O=C(CCc1ccco1)N1CC[C@H](O)C1. The van der Waals surface area contributed by atoms with Gasteiger partial charge in [0.1, 0.15) is 5.76 Å². The lowest BCUT2D eigenvalue weighted by molar-refractivity contribution is -0.130. The second-order valence-electron chi connectivity index (χ2n) is 3.86. The molecule has 1 aromatic rings. The van der Waals surface area contributed by atoms with Crippen molar-refractivity contribution >= 4 is 5.91 Å².